The molecule has 5 rings (SSSR count). The smallest absolute Gasteiger partial charge is 0.340 e. The number of hydrogen-bond donors (Lipinski definition) is 0. The summed E-state index contributed by atoms with van der Waals surface area (Å²) in [6, 6.07) is 11.1. The van der Waals surface area contributed by atoms with Gasteiger partial charge in [0.2, 0.25) is 11.8 Å². The lowest BCUT2D eigenvalue weighted by Gasteiger charge is -2.19. The molecule has 6 nitrogen and oxygen atoms in total. The van der Waals surface area contributed by atoms with Crippen LogP contribution >= 0.6 is 0 Å². The van der Waals surface area contributed by atoms with Gasteiger partial charge in [0.25, 0.3) is 0 Å². The first-order valence-electron chi connectivity index (χ1n) is 10.1. The molecule has 1 heterocycles. The average Bonchev–Trinajstić information content (AvgIpc) is 3.46. The number of benzene rings is 2. The van der Waals surface area contributed by atoms with Crippen molar-refractivity contribution >= 4 is 29.3 Å². The highest BCUT2D eigenvalue weighted by atomic mass is 19.1. The summed E-state index contributed by atoms with van der Waals surface area (Å²) in [7, 11) is 0. The summed E-state index contributed by atoms with van der Waals surface area (Å²) in [5, 5.41) is 0. The Bertz CT molecular complexity index is 1110. The predicted molar refractivity (Wildman–Crippen MR) is 108 cm³/mol. The number of para-hydroxylation sites is 1. The van der Waals surface area contributed by atoms with E-state index in [0.29, 0.717) is 0 Å². The Hall–Kier alpha value is -3.61. The summed E-state index contributed by atoms with van der Waals surface area (Å²) < 4.78 is 18.2. The molecule has 2 aromatic carbocycles. The van der Waals surface area contributed by atoms with Crippen molar-refractivity contribution in [1.82, 2.24) is 0 Å². The van der Waals surface area contributed by atoms with E-state index in [4.69, 9.17) is 4.74 Å². The second-order valence-corrected chi connectivity index (χ2v) is 8.04. The number of anilines is 1. The fourth-order valence-corrected chi connectivity index (χ4v) is 4.91. The number of hydrogen-bond acceptors (Lipinski definition) is 5. The molecule has 0 aromatic heterocycles. The van der Waals surface area contributed by atoms with Crippen LogP contribution in [-0.2, 0) is 14.3 Å². The fourth-order valence-electron chi connectivity index (χ4n) is 4.91. The maximum Gasteiger partial charge on any atom is 0.340 e. The van der Waals surface area contributed by atoms with Gasteiger partial charge in [-0.15, -0.1) is 0 Å². The number of rotatable bonds is 5. The topological polar surface area (TPSA) is 80.8 Å². The zero-order valence-electron chi connectivity index (χ0n) is 16.4. The van der Waals surface area contributed by atoms with Gasteiger partial charge in [-0.3, -0.25) is 14.4 Å². The van der Waals surface area contributed by atoms with Crippen molar-refractivity contribution in [3.05, 3.63) is 77.6 Å². The van der Waals surface area contributed by atoms with Crippen molar-refractivity contribution in [2.45, 2.75) is 6.42 Å². The van der Waals surface area contributed by atoms with Crippen LogP contribution in [0.2, 0.25) is 0 Å². The lowest BCUT2D eigenvalue weighted by atomic mass is 9.85. The summed E-state index contributed by atoms with van der Waals surface area (Å²) >= 11 is 0. The molecule has 2 bridgehead atoms. The first-order valence-corrected chi connectivity index (χ1v) is 10.1. The van der Waals surface area contributed by atoms with Crippen molar-refractivity contribution in [2.75, 3.05) is 11.5 Å². The lowest BCUT2D eigenvalue weighted by Crippen LogP contribution is -2.34. The molecule has 0 radical (unpaired) electrons. The maximum atomic E-state index is 13.1. The predicted octanol–water partition coefficient (Wildman–Crippen LogP) is 3.18. The second kappa shape index (κ2) is 7.27. The molecular weight excluding hydrogens is 401 g/mol. The Morgan fingerprint density at radius 1 is 0.935 bits per heavy atom. The van der Waals surface area contributed by atoms with Gasteiger partial charge in [0.05, 0.1) is 23.1 Å². The van der Waals surface area contributed by atoms with Crippen LogP contribution in [0.3, 0.4) is 0 Å². The average molecular weight is 419 g/mol. The Morgan fingerprint density at radius 3 is 2.19 bits per heavy atom. The molecule has 4 atom stereocenters. The van der Waals surface area contributed by atoms with Crippen molar-refractivity contribution in [3.8, 4) is 0 Å². The van der Waals surface area contributed by atoms with E-state index < -0.39 is 24.2 Å². The molecule has 0 spiro atoms. The standard InChI is InChI=1S/C24H18FNO5/c25-16-9-7-13(8-10-16)19(27)12-31-24(30)17-3-1-2-4-18(17)26-22(28)20-14-5-6-15(11-14)21(20)23(26)29/h1-10,14-15,20-21H,11-12H2/t14-,15+,20-,21-/m0/s1. The summed E-state index contributed by atoms with van der Waals surface area (Å²) in [5.74, 6) is -3.02. The highest BCUT2D eigenvalue weighted by molar-refractivity contribution is 6.24. The molecule has 2 aromatic rings. The minimum atomic E-state index is -0.815. The van der Waals surface area contributed by atoms with Gasteiger partial charge in [-0.25, -0.2) is 14.1 Å². The van der Waals surface area contributed by atoms with E-state index in [1.807, 2.05) is 12.2 Å². The third-order valence-electron chi connectivity index (χ3n) is 6.34. The zero-order chi connectivity index (χ0) is 21.7. The van der Waals surface area contributed by atoms with Gasteiger partial charge in [-0.05, 0) is 54.7 Å². The first-order chi connectivity index (χ1) is 15.0. The molecule has 1 saturated carbocycles. The molecule has 2 fully saturated rings. The van der Waals surface area contributed by atoms with Crippen LogP contribution in [0.1, 0.15) is 27.1 Å². The SMILES string of the molecule is O=C(COC(=O)c1ccccc1N1C(=O)[C@@H]2[C@@H](C1=O)[C@H]1C=C[C@@H]2C1)c1ccc(F)cc1. The van der Waals surface area contributed by atoms with Gasteiger partial charge in [-0.1, -0.05) is 24.3 Å². The number of carbonyl (C=O) groups excluding carboxylic acids is 4. The Balaban J connectivity index is 1.35. The number of halogens is 1. The zero-order valence-corrected chi connectivity index (χ0v) is 16.4. The Labute approximate surface area is 177 Å². The minimum absolute atomic E-state index is 0.0383. The maximum absolute atomic E-state index is 13.1. The third-order valence-corrected chi connectivity index (χ3v) is 6.34. The number of nitrogens with zero attached hydrogens (tertiary/aromatic N) is 1. The van der Waals surface area contributed by atoms with Crippen molar-refractivity contribution in [2.24, 2.45) is 23.7 Å². The molecule has 2 amide bonds. The molecule has 156 valence electrons. The van der Waals surface area contributed by atoms with Gasteiger partial charge < -0.3 is 4.74 Å². The molecule has 7 heteroatoms. The summed E-state index contributed by atoms with van der Waals surface area (Å²) in [6.45, 7) is -0.542. The minimum Gasteiger partial charge on any atom is -0.454 e. The number of fused-ring (bicyclic) bond motifs is 5. The van der Waals surface area contributed by atoms with Crippen LogP contribution in [0.5, 0.6) is 0 Å². The van der Waals surface area contributed by atoms with E-state index in [-0.39, 0.29) is 52.3 Å². The number of allylic oxidation sites excluding steroid dienone is 2. The first kappa shape index (κ1) is 19.4. The van der Waals surface area contributed by atoms with Crippen LogP contribution < -0.4 is 4.90 Å². The van der Waals surface area contributed by atoms with Crippen LogP contribution in [0.25, 0.3) is 0 Å². The third kappa shape index (κ3) is 3.08. The van der Waals surface area contributed by atoms with E-state index in [0.717, 1.165) is 23.5 Å². The second-order valence-electron chi connectivity index (χ2n) is 8.04. The summed E-state index contributed by atoms with van der Waals surface area (Å²) in [4.78, 5) is 52.2. The fraction of sp³-hybridized carbons (Fsp3) is 0.250. The van der Waals surface area contributed by atoms with E-state index in [9.17, 15) is 23.6 Å². The molecule has 31 heavy (non-hydrogen) atoms. The molecular formula is C24H18FNO5. The number of ketones is 1. The Morgan fingerprint density at radius 2 is 1.55 bits per heavy atom. The number of Topliss-reactive ketones (excluding diaryl/α,β-unsaturated/α-hetero) is 1. The lowest BCUT2D eigenvalue weighted by molar-refractivity contribution is -0.123. The van der Waals surface area contributed by atoms with Gasteiger partial charge in [-0.2, -0.15) is 0 Å². The van der Waals surface area contributed by atoms with E-state index in [2.05, 4.69) is 0 Å². The molecule has 2 aliphatic carbocycles. The molecule has 1 saturated heterocycles. The van der Waals surface area contributed by atoms with Crippen LogP contribution in [0, 0.1) is 29.5 Å². The molecule has 0 N–H and O–H groups in total. The number of ether oxygens (including phenoxy) is 1. The van der Waals surface area contributed by atoms with Crippen LogP contribution in [0.15, 0.2) is 60.7 Å². The van der Waals surface area contributed by atoms with Crippen molar-refractivity contribution in [1.29, 1.82) is 0 Å². The van der Waals surface area contributed by atoms with Gasteiger partial charge in [0.1, 0.15) is 5.82 Å². The van der Waals surface area contributed by atoms with Gasteiger partial charge in [0, 0.05) is 5.56 Å². The number of esters is 1. The van der Waals surface area contributed by atoms with Crippen molar-refractivity contribution in [3.63, 3.8) is 0 Å². The largest absolute Gasteiger partial charge is 0.454 e. The monoisotopic (exact) mass is 419 g/mol. The normalized spacial score (nSPS) is 25.8. The number of imide groups is 1. The summed E-state index contributed by atoms with van der Waals surface area (Å²) in [6.07, 6.45) is 4.82. The summed E-state index contributed by atoms with van der Waals surface area (Å²) in [5.41, 5.74) is 0.421. The number of amides is 2. The van der Waals surface area contributed by atoms with Gasteiger partial charge in [0.15, 0.2) is 12.4 Å². The number of carbonyl (C=O) groups is 4. The molecule has 1 aliphatic heterocycles. The quantitative estimate of drug-likeness (QED) is 0.322. The van der Waals surface area contributed by atoms with Crippen LogP contribution in [0.4, 0.5) is 10.1 Å². The van der Waals surface area contributed by atoms with Crippen LogP contribution in [-0.4, -0.2) is 30.2 Å². The molecule has 0 unspecified atom stereocenters. The van der Waals surface area contributed by atoms with E-state index in [1.165, 1.54) is 24.3 Å². The highest BCUT2D eigenvalue weighted by Gasteiger charge is 2.59. The van der Waals surface area contributed by atoms with Gasteiger partial charge >= 0.3 is 5.97 Å². The van der Waals surface area contributed by atoms with E-state index >= 15 is 0 Å². The van der Waals surface area contributed by atoms with E-state index in [1.54, 1.807) is 12.1 Å². The molecule has 3 aliphatic rings. The highest BCUT2D eigenvalue weighted by Crippen LogP contribution is 2.53. The Kier molecular flexibility index (Phi) is 4.54. The van der Waals surface area contributed by atoms with Crippen molar-refractivity contribution < 1.29 is 28.3 Å².